The molecule has 0 aromatic carbocycles. The van der Waals surface area contributed by atoms with Gasteiger partial charge in [-0.15, -0.1) is 0 Å². The summed E-state index contributed by atoms with van der Waals surface area (Å²) in [6.07, 6.45) is 5.27. The van der Waals surface area contributed by atoms with Gasteiger partial charge in [0.25, 0.3) is 5.91 Å². The average molecular weight is 313 g/mol. The lowest BCUT2D eigenvalue weighted by Crippen LogP contribution is -2.48. The fraction of sp³-hybridized carbons (Fsp3) is 0.417. The van der Waals surface area contributed by atoms with Gasteiger partial charge in [-0.3, -0.25) is 9.78 Å². The van der Waals surface area contributed by atoms with Crippen molar-refractivity contribution in [2.75, 3.05) is 6.54 Å². The Labute approximate surface area is 113 Å². The molecule has 1 fully saturated rings. The van der Waals surface area contributed by atoms with Gasteiger partial charge in [-0.05, 0) is 41.3 Å². The molecule has 18 heavy (non-hydrogen) atoms. The number of aromatic nitrogens is 1. The van der Waals surface area contributed by atoms with Gasteiger partial charge in [-0.2, -0.15) is 0 Å². The van der Waals surface area contributed by atoms with Crippen molar-refractivity contribution in [1.82, 2.24) is 9.88 Å². The number of piperidine rings is 1. The Kier molecular flexibility index (Phi) is 3.96. The molecule has 0 bridgehead atoms. The number of halogens is 1. The van der Waals surface area contributed by atoms with E-state index in [1.807, 2.05) is 0 Å². The van der Waals surface area contributed by atoms with Crippen LogP contribution in [0.3, 0.4) is 0 Å². The number of hydrogen-bond acceptors (Lipinski definition) is 3. The van der Waals surface area contributed by atoms with Crippen LogP contribution in [0.5, 0.6) is 0 Å². The quantitative estimate of drug-likeness (QED) is 0.905. The Bertz CT molecular complexity index is 478. The first-order chi connectivity index (χ1) is 8.61. The van der Waals surface area contributed by atoms with E-state index in [2.05, 4.69) is 20.9 Å². The molecule has 0 spiro atoms. The van der Waals surface area contributed by atoms with Crippen LogP contribution in [0.2, 0.25) is 0 Å². The van der Waals surface area contributed by atoms with E-state index in [0.29, 0.717) is 23.0 Å². The first-order valence-corrected chi connectivity index (χ1v) is 6.54. The minimum Gasteiger partial charge on any atom is -0.480 e. The van der Waals surface area contributed by atoms with Crippen LogP contribution in [-0.2, 0) is 4.79 Å². The number of rotatable bonds is 2. The van der Waals surface area contributed by atoms with Crippen molar-refractivity contribution in [2.24, 2.45) is 0 Å². The summed E-state index contributed by atoms with van der Waals surface area (Å²) in [6, 6.07) is 0.881. The van der Waals surface area contributed by atoms with Crippen molar-refractivity contribution >= 4 is 27.8 Å². The van der Waals surface area contributed by atoms with Crippen LogP contribution in [0, 0.1) is 0 Å². The van der Waals surface area contributed by atoms with Gasteiger partial charge in [0.1, 0.15) is 6.04 Å². The average Bonchev–Trinajstić information content (AvgIpc) is 2.38. The Morgan fingerprint density at radius 1 is 1.44 bits per heavy atom. The predicted octanol–water partition coefficient (Wildman–Crippen LogP) is 1.92. The number of carbonyl (C=O) groups is 2. The number of likely N-dealkylation sites (tertiary alicyclic amines) is 1. The summed E-state index contributed by atoms with van der Waals surface area (Å²) in [5, 5.41) is 9.16. The number of carboxylic acids is 1. The molecule has 0 radical (unpaired) electrons. The first kappa shape index (κ1) is 13.0. The lowest BCUT2D eigenvalue weighted by Gasteiger charge is -2.33. The SMILES string of the molecule is O=C(O)[C@H]1CCCCN1C(=O)c1ccncc1Br. The highest BCUT2D eigenvalue weighted by atomic mass is 79.9. The van der Waals surface area contributed by atoms with Gasteiger partial charge in [0.05, 0.1) is 5.56 Å². The number of aliphatic carboxylic acids is 1. The largest absolute Gasteiger partial charge is 0.480 e. The summed E-state index contributed by atoms with van der Waals surface area (Å²) in [4.78, 5) is 28.8. The lowest BCUT2D eigenvalue weighted by atomic mass is 10.0. The highest BCUT2D eigenvalue weighted by molar-refractivity contribution is 9.10. The zero-order chi connectivity index (χ0) is 13.1. The maximum atomic E-state index is 12.3. The molecule has 1 N–H and O–H groups in total. The van der Waals surface area contributed by atoms with E-state index in [0.717, 1.165) is 12.8 Å². The van der Waals surface area contributed by atoms with E-state index in [1.165, 1.54) is 17.3 Å². The van der Waals surface area contributed by atoms with Crippen LogP contribution in [0.15, 0.2) is 22.9 Å². The van der Waals surface area contributed by atoms with Crippen molar-refractivity contribution in [2.45, 2.75) is 25.3 Å². The number of nitrogens with zero attached hydrogens (tertiary/aromatic N) is 2. The molecule has 1 saturated heterocycles. The van der Waals surface area contributed by atoms with Crippen LogP contribution in [0.1, 0.15) is 29.6 Å². The van der Waals surface area contributed by atoms with Crippen LogP contribution in [-0.4, -0.2) is 39.5 Å². The fourth-order valence-electron chi connectivity index (χ4n) is 2.13. The molecule has 96 valence electrons. The summed E-state index contributed by atoms with van der Waals surface area (Å²) < 4.78 is 0.588. The molecule has 1 aliphatic rings. The molecular formula is C12H13BrN2O3. The number of hydrogen-bond donors (Lipinski definition) is 1. The molecule has 0 aliphatic carbocycles. The maximum Gasteiger partial charge on any atom is 0.326 e. The number of pyridine rings is 1. The summed E-state index contributed by atoms with van der Waals surface area (Å²) in [5.74, 6) is -1.19. The Hall–Kier alpha value is -1.43. The standard InChI is InChI=1S/C12H13BrN2O3/c13-9-7-14-5-4-8(9)11(16)15-6-2-1-3-10(15)12(17)18/h4-5,7,10H,1-3,6H2,(H,17,18)/t10-/m1/s1. The topological polar surface area (TPSA) is 70.5 Å². The number of amides is 1. The summed E-state index contributed by atoms with van der Waals surface area (Å²) in [5.41, 5.74) is 0.457. The molecule has 2 rings (SSSR count). The van der Waals surface area contributed by atoms with Crippen LogP contribution in [0.4, 0.5) is 0 Å². The van der Waals surface area contributed by atoms with Gasteiger partial charge >= 0.3 is 5.97 Å². The van der Waals surface area contributed by atoms with Crippen molar-refractivity contribution in [3.63, 3.8) is 0 Å². The first-order valence-electron chi connectivity index (χ1n) is 5.74. The molecule has 0 unspecified atom stereocenters. The van der Waals surface area contributed by atoms with Gasteiger partial charge in [-0.1, -0.05) is 0 Å². The second-order valence-electron chi connectivity index (χ2n) is 4.20. The second kappa shape index (κ2) is 5.48. The molecule has 2 heterocycles. The Morgan fingerprint density at radius 3 is 2.89 bits per heavy atom. The minimum absolute atomic E-state index is 0.253. The second-order valence-corrected chi connectivity index (χ2v) is 5.06. The molecule has 1 amide bonds. The van der Waals surface area contributed by atoms with Gasteiger partial charge < -0.3 is 10.0 Å². The summed E-state index contributed by atoms with van der Waals surface area (Å²) in [7, 11) is 0. The molecule has 1 aliphatic heterocycles. The van der Waals surface area contributed by atoms with E-state index < -0.39 is 12.0 Å². The van der Waals surface area contributed by atoms with E-state index >= 15 is 0 Å². The molecular weight excluding hydrogens is 300 g/mol. The number of carboxylic acid groups (broad SMARTS) is 1. The molecule has 1 aromatic heterocycles. The Morgan fingerprint density at radius 2 is 2.22 bits per heavy atom. The third-order valence-electron chi connectivity index (χ3n) is 3.05. The van der Waals surface area contributed by atoms with Gasteiger partial charge in [0.15, 0.2) is 0 Å². The van der Waals surface area contributed by atoms with E-state index in [4.69, 9.17) is 5.11 Å². The zero-order valence-corrected chi connectivity index (χ0v) is 11.3. The monoisotopic (exact) mass is 312 g/mol. The highest BCUT2D eigenvalue weighted by Gasteiger charge is 2.32. The van der Waals surface area contributed by atoms with Gasteiger partial charge in [0.2, 0.25) is 0 Å². The van der Waals surface area contributed by atoms with Crippen molar-refractivity contribution in [3.8, 4) is 0 Å². The molecule has 6 heteroatoms. The third kappa shape index (κ3) is 2.53. The van der Waals surface area contributed by atoms with E-state index in [-0.39, 0.29) is 5.91 Å². The molecule has 1 atom stereocenters. The van der Waals surface area contributed by atoms with E-state index in [9.17, 15) is 9.59 Å². The normalized spacial score (nSPS) is 19.6. The van der Waals surface area contributed by atoms with Crippen LogP contribution in [0.25, 0.3) is 0 Å². The van der Waals surface area contributed by atoms with E-state index in [1.54, 1.807) is 6.07 Å². The zero-order valence-electron chi connectivity index (χ0n) is 9.67. The summed E-state index contributed by atoms with van der Waals surface area (Å²) in [6.45, 7) is 0.491. The molecule has 1 aromatic rings. The van der Waals surface area contributed by atoms with Crippen LogP contribution < -0.4 is 0 Å². The Balaban J connectivity index is 2.27. The maximum absolute atomic E-state index is 12.3. The van der Waals surface area contributed by atoms with Crippen molar-refractivity contribution in [3.05, 3.63) is 28.5 Å². The summed E-state index contributed by atoms with van der Waals surface area (Å²) >= 11 is 3.26. The smallest absolute Gasteiger partial charge is 0.326 e. The molecule has 0 saturated carbocycles. The highest BCUT2D eigenvalue weighted by Crippen LogP contribution is 2.23. The minimum atomic E-state index is -0.937. The van der Waals surface area contributed by atoms with Gasteiger partial charge in [-0.25, -0.2) is 4.79 Å². The predicted molar refractivity (Wildman–Crippen MR) is 68.2 cm³/mol. The molecule has 5 nitrogen and oxygen atoms in total. The van der Waals surface area contributed by atoms with Crippen LogP contribution >= 0.6 is 15.9 Å². The number of carbonyl (C=O) groups excluding carboxylic acids is 1. The fourth-order valence-corrected chi connectivity index (χ4v) is 2.55. The lowest BCUT2D eigenvalue weighted by molar-refractivity contribution is -0.143. The van der Waals surface area contributed by atoms with Gasteiger partial charge in [0, 0.05) is 23.4 Å². The third-order valence-corrected chi connectivity index (χ3v) is 3.68. The van der Waals surface area contributed by atoms with Crippen molar-refractivity contribution in [1.29, 1.82) is 0 Å². The van der Waals surface area contributed by atoms with Crippen molar-refractivity contribution < 1.29 is 14.7 Å².